The van der Waals surface area contributed by atoms with Crippen LogP contribution in [0.15, 0.2) is 24.3 Å². The summed E-state index contributed by atoms with van der Waals surface area (Å²) in [5.74, 6) is 0.0255. The molecule has 5 heteroatoms. The first-order valence-electron chi connectivity index (χ1n) is 6.88. The molecule has 0 spiro atoms. The number of amides is 1. The summed E-state index contributed by atoms with van der Waals surface area (Å²) in [5.41, 5.74) is 1.81. The largest absolute Gasteiger partial charge is 0.395 e. The van der Waals surface area contributed by atoms with Crippen LogP contribution < -0.4 is 10.2 Å². The van der Waals surface area contributed by atoms with E-state index < -0.39 is 0 Å². The smallest absolute Gasteiger partial charge is 0.224 e. The number of anilines is 2. The van der Waals surface area contributed by atoms with Gasteiger partial charge in [-0.3, -0.25) is 4.79 Å². The van der Waals surface area contributed by atoms with Crippen LogP contribution in [0, 0.1) is 0 Å². The SMILES string of the molecule is COCCCCC(=O)Nc1ccc(N(C)CCO)cc1. The van der Waals surface area contributed by atoms with E-state index in [2.05, 4.69) is 5.32 Å². The molecule has 0 aliphatic carbocycles. The lowest BCUT2D eigenvalue weighted by Gasteiger charge is -2.18. The van der Waals surface area contributed by atoms with Crippen LogP contribution in [0.5, 0.6) is 0 Å². The predicted molar refractivity (Wildman–Crippen MR) is 81.2 cm³/mol. The summed E-state index contributed by atoms with van der Waals surface area (Å²) < 4.78 is 4.94. The Labute approximate surface area is 120 Å². The number of aliphatic hydroxyl groups excluding tert-OH is 1. The van der Waals surface area contributed by atoms with Crippen molar-refractivity contribution in [1.29, 1.82) is 0 Å². The molecule has 1 amide bonds. The topological polar surface area (TPSA) is 61.8 Å². The lowest BCUT2D eigenvalue weighted by molar-refractivity contribution is -0.116. The minimum atomic E-state index is 0.0255. The zero-order chi connectivity index (χ0) is 14.8. The van der Waals surface area contributed by atoms with Crippen molar-refractivity contribution >= 4 is 17.3 Å². The molecule has 0 aliphatic rings. The van der Waals surface area contributed by atoms with E-state index in [0.29, 0.717) is 19.6 Å². The maximum absolute atomic E-state index is 11.7. The highest BCUT2D eigenvalue weighted by Gasteiger charge is 2.03. The van der Waals surface area contributed by atoms with E-state index in [1.807, 2.05) is 36.2 Å². The van der Waals surface area contributed by atoms with Gasteiger partial charge in [0.05, 0.1) is 6.61 Å². The first-order chi connectivity index (χ1) is 9.67. The summed E-state index contributed by atoms with van der Waals surface area (Å²) in [7, 11) is 3.58. The maximum Gasteiger partial charge on any atom is 0.224 e. The average molecular weight is 280 g/mol. The van der Waals surface area contributed by atoms with E-state index in [0.717, 1.165) is 24.2 Å². The first-order valence-corrected chi connectivity index (χ1v) is 6.88. The number of likely N-dealkylation sites (N-methyl/N-ethyl adjacent to an activating group) is 1. The van der Waals surface area contributed by atoms with Crippen molar-refractivity contribution in [3.63, 3.8) is 0 Å². The van der Waals surface area contributed by atoms with E-state index >= 15 is 0 Å². The molecule has 1 aromatic rings. The highest BCUT2D eigenvalue weighted by molar-refractivity contribution is 5.90. The quantitative estimate of drug-likeness (QED) is 0.678. The Balaban J connectivity index is 2.39. The molecule has 0 atom stereocenters. The number of unbranched alkanes of at least 4 members (excludes halogenated alkanes) is 1. The number of carbonyl (C=O) groups is 1. The van der Waals surface area contributed by atoms with E-state index in [-0.39, 0.29) is 12.5 Å². The second kappa shape index (κ2) is 9.34. The van der Waals surface area contributed by atoms with E-state index in [9.17, 15) is 4.79 Å². The molecule has 0 fully saturated rings. The summed E-state index contributed by atoms with van der Waals surface area (Å²) >= 11 is 0. The van der Waals surface area contributed by atoms with Crippen LogP contribution in [0.4, 0.5) is 11.4 Å². The van der Waals surface area contributed by atoms with Gasteiger partial charge in [-0.2, -0.15) is 0 Å². The Kier molecular flexibility index (Phi) is 7.69. The Morgan fingerprint density at radius 3 is 2.60 bits per heavy atom. The lowest BCUT2D eigenvalue weighted by Crippen LogP contribution is -2.21. The van der Waals surface area contributed by atoms with Crippen LogP contribution in [0.3, 0.4) is 0 Å². The highest BCUT2D eigenvalue weighted by Crippen LogP contribution is 2.16. The Hall–Kier alpha value is -1.59. The van der Waals surface area contributed by atoms with Crippen molar-refractivity contribution in [2.75, 3.05) is 44.1 Å². The van der Waals surface area contributed by atoms with Crippen LogP contribution in [-0.2, 0) is 9.53 Å². The van der Waals surface area contributed by atoms with Gasteiger partial charge in [0.15, 0.2) is 0 Å². The number of hydrogen-bond donors (Lipinski definition) is 2. The van der Waals surface area contributed by atoms with Gasteiger partial charge in [-0.25, -0.2) is 0 Å². The minimum Gasteiger partial charge on any atom is -0.395 e. The third-order valence-electron chi connectivity index (χ3n) is 3.03. The van der Waals surface area contributed by atoms with Crippen LogP contribution in [0.1, 0.15) is 19.3 Å². The van der Waals surface area contributed by atoms with Gasteiger partial charge >= 0.3 is 0 Å². The number of aliphatic hydroxyl groups is 1. The van der Waals surface area contributed by atoms with Crippen LogP contribution in [0.2, 0.25) is 0 Å². The van der Waals surface area contributed by atoms with Gasteiger partial charge in [0.2, 0.25) is 5.91 Å². The van der Waals surface area contributed by atoms with Crippen molar-refractivity contribution < 1.29 is 14.6 Å². The molecular weight excluding hydrogens is 256 g/mol. The number of hydrogen-bond acceptors (Lipinski definition) is 4. The summed E-state index contributed by atoms with van der Waals surface area (Å²) in [6.07, 6.45) is 2.24. The molecule has 2 N–H and O–H groups in total. The number of methoxy groups -OCH3 is 1. The van der Waals surface area contributed by atoms with Crippen molar-refractivity contribution in [2.24, 2.45) is 0 Å². The molecule has 0 bridgehead atoms. The molecule has 0 heterocycles. The summed E-state index contributed by atoms with van der Waals surface area (Å²) in [6, 6.07) is 7.60. The van der Waals surface area contributed by atoms with Crippen LogP contribution >= 0.6 is 0 Å². The molecule has 0 aromatic heterocycles. The van der Waals surface area contributed by atoms with Crippen molar-refractivity contribution in [1.82, 2.24) is 0 Å². The third-order valence-corrected chi connectivity index (χ3v) is 3.03. The standard InChI is InChI=1S/C15H24N2O3/c1-17(10-11-18)14-8-6-13(7-9-14)16-15(19)5-3-4-12-20-2/h6-9,18H,3-5,10-12H2,1-2H3,(H,16,19). The summed E-state index contributed by atoms with van der Waals surface area (Å²) in [6.45, 7) is 1.40. The molecular formula is C15H24N2O3. The molecule has 0 saturated heterocycles. The number of ether oxygens (including phenoxy) is 1. The summed E-state index contributed by atoms with van der Waals surface area (Å²) in [4.78, 5) is 13.7. The molecule has 0 radical (unpaired) electrons. The number of benzene rings is 1. The molecule has 0 unspecified atom stereocenters. The predicted octanol–water partition coefficient (Wildman–Crippen LogP) is 1.87. The van der Waals surface area contributed by atoms with Crippen LogP contribution in [-0.4, -0.2) is 44.9 Å². The Bertz CT molecular complexity index is 393. The third kappa shape index (κ3) is 6.04. The number of nitrogens with one attached hydrogen (secondary N) is 1. The van der Waals surface area contributed by atoms with Crippen molar-refractivity contribution in [3.8, 4) is 0 Å². The zero-order valence-corrected chi connectivity index (χ0v) is 12.3. The number of nitrogens with zero attached hydrogens (tertiary/aromatic N) is 1. The van der Waals surface area contributed by atoms with Gasteiger partial charge in [-0.15, -0.1) is 0 Å². The van der Waals surface area contributed by atoms with Gasteiger partial charge in [0.25, 0.3) is 0 Å². The second-order valence-corrected chi connectivity index (χ2v) is 4.69. The van der Waals surface area contributed by atoms with Crippen molar-refractivity contribution in [3.05, 3.63) is 24.3 Å². The maximum atomic E-state index is 11.7. The van der Waals surface area contributed by atoms with E-state index in [1.165, 1.54) is 0 Å². The van der Waals surface area contributed by atoms with Gasteiger partial charge in [0, 0.05) is 45.1 Å². The Morgan fingerprint density at radius 1 is 1.30 bits per heavy atom. The molecule has 5 nitrogen and oxygen atoms in total. The molecule has 112 valence electrons. The molecule has 1 rings (SSSR count). The van der Waals surface area contributed by atoms with Crippen molar-refractivity contribution in [2.45, 2.75) is 19.3 Å². The zero-order valence-electron chi connectivity index (χ0n) is 12.3. The second-order valence-electron chi connectivity index (χ2n) is 4.69. The average Bonchev–Trinajstić information content (AvgIpc) is 2.45. The number of rotatable bonds is 9. The molecule has 20 heavy (non-hydrogen) atoms. The number of carbonyl (C=O) groups excluding carboxylic acids is 1. The van der Waals surface area contributed by atoms with Gasteiger partial charge in [-0.1, -0.05) is 0 Å². The Morgan fingerprint density at radius 2 is 2.00 bits per heavy atom. The van der Waals surface area contributed by atoms with E-state index in [1.54, 1.807) is 7.11 Å². The fraction of sp³-hybridized carbons (Fsp3) is 0.533. The minimum absolute atomic E-state index is 0.0255. The fourth-order valence-corrected chi connectivity index (χ4v) is 1.83. The van der Waals surface area contributed by atoms with Crippen LogP contribution in [0.25, 0.3) is 0 Å². The summed E-state index contributed by atoms with van der Waals surface area (Å²) in [5, 5.41) is 11.8. The monoisotopic (exact) mass is 280 g/mol. The van der Waals surface area contributed by atoms with E-state index in [4.69, 9.17) is 9.84 Å². The van der Waals surface area contributed by atoms with Gasteiger partial charge in [-0.05, 0) is 37.1 Å². The molecule has 1 aromatic carbocycles. The molecule has 0 aliphatic heterocycles. The first kappa shape index (κ1) is 16.5. The fourth-order valence-electron chi connectivity index (χ4n) is 1.83. The lowest BCUT2D eigenvalue weighted by atomic mass is 10.2. The molecule has 0 saturated carbocycles. The van der Waals surface area contributed by atoms with Gasteiger partial charge in [0.1, 0.15) is 0 Å². The normalized spacial score (nSPS) is 10.3. The van der Waals surface area contributed by atoms with Gasteiger partial charge < -0.3 is 20.1 Å². The highest BCUT2D eigenvalue weighted by atomic mass is 16.5.